The molecule has 0 bridgehead atoms. The minimum absolute atomic E-state index is 0.0533. The third-order valence-electron chi connectivity index (χ3n) is 4.19. The first-order valence-electron chi connectivity index (χ1n) is 5.93. The Morgan fingerprint density at radius 3 is 1.86 bits per heavy atom. The topological polar surface area (TPSA) is 52.0 Å². The van der Waals surface area contributed by atoms with Crippen LogP contribution >= 0.6 is 0 Å². The molecule has 0 aromatic heterocycles. The van der Waals surface area contributed by atoms with Gasteiger partial charge in [0.1, 0.15) is 0 Å². The first-order chi connectivity index (χ1) is 6.35. The van der Waals surface area contributed by atoms with Gasteiger partial charge in [-0.1, -0.05) is 47.5 Å². The van der Waals surface area contributed by atoms with E-state index in [-0.39, 0.29) is 5.41 Å². The average Bonchev–Trinajstić information content (AvgIpc) is 2.16. The Hall–Kier alpha value is -0.0800. The van der Waals surface area contributed by atoms with Gasteiger partial charge < -0.3 is 11.5 Å². The highest BCUT2D eigenvalue weighted by atomic mass is 15.0. The van der Waals surface area contributed by atoms with Crippen LogP contribution in [0.5, 0.6) is 0 Å². The highest BCUT2D eigenvalue weighted by Crippen LogP contribution is 2.41. The summed E-state index contributed by atoms with van der Waals surface area (Å²) in [6, 6.07) is 0. The van der Waals surface area contributed by atoms with Crippen LogP contribution in [0.4, 0.5) is 0 Å². The van der Waals surface area contributed by atoms with Crippen molar-refractivity contribution in [3.8, 4) is 0 Å². The molecular formula is C12H28N2. The van der Waals surface area contributed by atoms with Gasteiger partial charge in [-0.15, -0.1) is 0 Å². The van der Waals surface area contributed by atoms with Gasteiger partial charge in [0, 0.05) is 5.41 Å². The maximum absolute atomic E-state index is 6.21. The van der Waals surface area contributed by atoms with Crippen molar-refractivity contribution >= 4 is 0 Å². The normalized spacial score (nSPS) is 19.1. The minimum Gasteiger partial charge on any atom is -0.313 e. The van der Waals surface area contributed by atoms with Gasteiger partial charge in [-0.3, -0.25) is 0 Å². The monoisotopic (exact) mass is 200 g/mol. The predicted molar refractivity (Wildman–Crippen MR) is 63.9 cm³/mol. The summed E-state index contributed by atoms with van der Waals surface area (Å²) in [6.07, 6.45) is 4.30. The van der Waals surface area contributed by atoms with Gasteiger partial charge in [0.05, 0.1) is 5.66 Å². The predicted octanol–water partition coefficient (Wildman–Crippen LogP) is 2.86. The lowest BCUT2D eigenvalue weighted by Crippen LogP contribution is -2.63. The fraction of sp³-hybridized carbons (Fsp3) is 1.00. The molecule has 0 saturated carbocycles. The van der Waals surface area contributed by atoms with E-state index in [0.29, 0.717) is 5.92 Å². The van der Waals surface area contributed by atoms with Crippen molar-refractivity contribution in [3.63, 3.8) is 0 Å². The molecule has 0 spiro atoms. The fourth-order valence-electron chi connectivity index (χ4n) is 2.29. The second-order valence-corrected chi connectivity index (χ2v) is 4.85. The Kier molecular flexibility index (Phi) is 5.10. The van der Waals surface area contributed by atoms with Crippen LogP contribution in [0.1, 0.15) is 60.3 Å². The van der Waals surface area contributed by atoms with E-state index in [1.165, 1.54) is 12.8 Å². The third kappa shape index (κ3) is 2.48. The van der Waals surface area contributed by atoms with Crippen LogP contribution in [-0.4, -0.2) is 5.66 Å². The molecule has 0 aliphatic rings. The van der Waals surface area contributed by atoms with E-state index < -0.39 is 5.66 Å². The molecule has 0 fully saturated rings. The van der Waals surface area contributed by atoms with Crippen LogP contribution in [0.2, 0.25) is 0 Å². The molecule has 4 N–H and O–H groups in total. The Labute approximate surface area is 89.4 Å². The van der Waals surface area contributed by atoms with E-state index in [1.807, 2.05) is 0 Å². The van der Waals surface area contributed by atoms with Crippen molar-refractivity contribution in [2.24, 2.45) is 22.8 Å². The van der Waals surface area contributed by atoms with Crippen molar-refractivity contribution in [1.29, 1.82) is 0 Å². The van der Waals surface area contributed by atoms with Crippen molar-refractivity contribution in [2.75, 3.05) is 0 Å². The van der Waals surface area contributed by atoms with Gasteiger partial charge in [-0.25, -0.2) is 0 Å². The molecule has 14 heavy (non-hydrogen) atoms. The SMILES string of the molecule is CCCC(C)C(C)(CC)C(N)(N)CC. The standard InChI is InChI=1S/C12H28N2/c1-6-9-10(4)11(5,7-2)12(13,14)8-3/h10H,6-9,13-14H2,1-5H3. The van der Waals surface area contributed by atoms with Crippen molar-refractivity contribution < 1.29 is 0 Å². The zero-order valence-electron chi connectivity index (χ0n) is 10.6. The zero-order valence-corrected chi connectivity index (χ0v) is 10.6. The summed E-state index contributed by atoms with van der Waals surface area (Å²) < 4.78 is 0. The smallest absolute Gasteiger partial charge is 0.0691 e. The molecule has 0 saturated heterocycles. The number of nitrogens with two attached hydrogens (primary N) is 2. The van der Waals surface area contributed by atoms with Gasteiger partial charge in [0.2, 0.25) is 0 Å². The van der Waals surface area contributed by atoms with Crippen LogP contribution in [0, 0.1) is 11.3 Å². The van der Waals surface area contributed by atoms with Gasteiger partial charge in [0.25, 0.3) is 0 Å². The molecule has 0 rings (SSSR count). The summed E-state index contributed by atoms with van der Waals surface area (Å²) >= 11 is 0. The summed E-state index contributed by atoms with van der Waals surface area (Å²) in [7, 11) is 0. The molecule has 2 nitrogen and oxygen atoms in total. The van der Waals surface area contributed by atoms with Crippen LogP contribution < -0.4 is 11.5 Å². The quantitative estimate of drug-likeness (QED) is 0.648. The highest BCUT2D eigenvalue weighted by Gasteiger charge is 2.43. The lowest BCUT2D eigenvalue weighted by molar-refractivity contribution is 0.0602. The number of hydrogen-bond acceptors (Lipinski definition) is 2. The Morgan fingerprint density at radius 1 is 1.07 bits per heavy atom. The molecule has 0 heterocycles. The van der Waals surface area contributed by atoms with Gasteiger partial charge in [-0.2, -0.15) is 0 Å². The summed E-state index contributed by atoms with van der Waals surface area (Å²) in [6.45, 7) is 11.0. The summed E-state index contributed by atoms with van der Waals surface area (Å²) in [5.74, 6) is 0.590. The number of rotatable bonds is 6. The van der Waals surface area contributed by atoms with Crippen LogP contribution in [-0.2, 0) is 0 Å². The average molecular weight is 200 g/mol. The van der Waals surface area contributed by atoms with Crippen molar-refractivity contribution in [2.45, 2.75) is 66.0 Å². The highest BCUT2D eigenvalue weighted by molar-refractivity contribution is 4.96. The lowest BCUT2D eigenvalue weighted by Gasteiger charge is -2.47. The number of hydrogen-bond donors (Lipinski definition) is 2. The largest absolute Gasteiger partial charge is 0.313 e. The summed E-state index contributed by atoms with van der Waals surface area (Å²) in [5.41, 5.74) is 11.9. The van der Waals surface area contributed by atoms with Crippen LogP contribution in [0.25, 0.3) is 0 Å². The van der Waals surface area contributed by atoms with E-state index in [0.717, 1.165) is 12.8 Å². The second-order valence-electron chi connectivity index (χ2n) is 4.85. The van der Waals surface area contributed by atoms with Gasteiger partial charge in [-0.05, 0) is 18.8 Å². The van der Waals surface area contributed by atoms with Gasteiger partial charge >= 0.3 is 0 Å². The maximum Gasteiger partial charge on any atom is 0.0691 e. The first kappa shape index (κ1) is 13.9. The molecule has 0 radical (unpaired) electrons. The fourth-order valence-corrected chi connectivity index (χ4v) is 2.29. The minimum atomic E-state index is -0.531. The Bertz CT molecular complexity index is 166. The third-order valence-corrected chi connectivity index (χ3v) is 4.19. The zero-order chi connectivity index (χ0) is 11.4. The van der Waals surface area contributed by atoms with Crippen LogP contribution in [0.15, 0.2) is 0 Å². The van der Waals surface area contributed by atoms with E-state index >= 15 is 0 Å². The molecule has 0 aliphatic heterocycles. The Morgan fingerprint density at radius 2 is 1.57 bits per heavy atom. The van der Waals surface area contributed by atoms with Crippen molar-refractivity contribution in [3.05, 3.63) is 0 Å². The van der Waals surface area contributed by atoms with Crippen LogP contribution in [0.3, 0.4) is 0 Å². The molecule has 0 amide bonds. The molecule has 2 unspecified atom stereocenters. The summed E-state index contributed by atoms with van der Waals surface area (Å²) in [5, 5.41) is 0. The van der Waals surface area contributed by atoms with E-state index in [2.05, 4.69) is 34.6 Å². The van der Waals surface area contributed by atoms with E-state index in [1.54, 1.807) is 0 Å². The molecule has 0 aliphatic carbocycles. The molecule has 86 valence electrons. The maximum atomic E-state index is 6.21. The lowest BCUT2D eigenvalue weighted by atomic mass is 9.65. The first-order valence-corrected chi connectivity index (χ1v) is 5.93. The summed E-state index contributed by atoms with van der Waals surface area (Å²) in [4.78, 5) is 0. The second kappa shape index (κ2) is 5.13. The molecule has 0 aromatic carbocycles. The molecule has 0 aromatic rings. The molecule has 2 atom stereocenters. The van der Waals surface area contributed by atoms with Crippen molar-refractivity contribution in [1.82, 2.24) is 0 Å². The Balaban J connectivity index is 4.77. The van der Waals surface area contributed by atoms with E-state index in [4.69, 9.17) is 11.5 Å². The molecule has 2 heteroatoms. The van der Waals surface area contributed by atoms with E-state index in [9.17, 15) is 0 Å². The molecular weight excluding hydrogens is 172 g/mol. The van der Waals surface area contributed by atoms with Gasteiger partial charge in [0.15, 0.2) is 0 Å².